The van der Waals surface area contributed by atoms with Gasteiger partial charge in [-0.1, -0.05) is 0 Å². The number of hydrogen-bond donors (Lipinski definition) is 1. The first kappa shape index (κ1) is 10.5. The van der Waals surface area contributed by atoms with E-state index in [1.165, 1.54) is 19.2 Å². The van der Waals surface area contributed by atoms with Gasteiger partial charge < -0.3 is 4.98 Å². The first-order valence-electron chi connectivity index (χ1n) is 4.59. The average Bonchev–Trinajstić information content (AvgIpc) is 2.66. The van der Waals surface area contributed by atoms with Crippen molar-refractivity contribution in [2.45, 2.75) is 6.92 Å². The Hall–Kier alpha value is -2.04. The van der Waals surface area contributed by atoms with Gasteiger partial charge in [0.15, 0.2) is 11.6 Å². The monoisotopic (exact) mass is 222 g/mol. The number of ketones is 1. The average molecular weight is 222 g/mol. The van der Waals surface area contributed by atoms with E-state index in [2.05, 4.69) is 9.97 Å². The summed E-state index contributed by atoms with van der Waals surface area (Å²) in [6.07, 6.45) is 1.34. The van der Waals surface area contributed by atoms with Crippen LogP contribution >= 0.6 is 0 Å². The lowest BCUT2D eigenvalue weighted by Gasteiger charge is -1.99. The summed E-state index contributed by atoms with van der Waals surface area (Å²) in [5.74, 6) is -1.43. The molecule has 0 bridgehead atoms. The molecule has 0 aliphatic carbocycles. The highest BCUT2D eigenvalue weighted by Gasteiger charge is 2.10. The van der Waals surface area contributed by atoms with Crippen molar-refractivity contribution in [3.05, 3.63) is 41.9 Å². The number of hydrogen-bond acceptors (Lipinski definition) is 2. The Morgan fingerprint density at radius 3 is 2.69 bits per heavy atom. The fourth-order valence-corrected chi connectivity index (χ4v) is 1.34. The molecule has 2 aromatic rings. The van der Waals surface area contributed by atoms with Gasteiger partial charge in [-0.2, -0.15) is 0 Å². The predicted octanol–water partition coefficient (Wildman–Crippen LogP) is 2.56. The number of benzene rings is 1. The zero-order valence-electron chi connectivity index (χ0n) is 8.42. The standard InChI is InChI=1S/C11H8F2N2O/c1-6(16)11-14-5-10(15-11)8-3-2-7(12)4-9(8)13/h2-5H,1H3,(H,14,15). The van der Waals surface area contributed by atoms with Crippen molar-refractivity contribution >= 4 is 5.78 Å². The molecule has 3 nitrogen and oxygen atoms in total. The van der Waals surface area contributed by atoms with Gasteiger partial charge in [-0.15, -0.1) is 0 Å². The molecular formula is C11H8F2N2O. The van der Waals surface area contributed by atoms with E-state index in [1.54, 1.807) is 0 Å². The fraction of sp³-hybridized carbons (Fsp3) is 0.0909. The number of imidazole rings is 1. The zero-order valence-corrected chi connectivity index (χ0v) is 8.42. The van der Waals surface area contributed by atoms with E-state index in [0.717, 1.165) is 12.1 Å². The van der Waals surface area contributed by atoms with Crippen molar-refractivity contribution in [3.63, 3.8) is 0 Å². The number of nitrogens with one attached hydrogen (secondary N) is 1. The van der Waals surface area contributed by atoms with Crippen LogP contribution in [0.25, 0.3) is 11.3 Å². The summed E-state index contributed by atoms with van der Waals surface area (Å²) in [7, 11) is 0. The molecule has 0 radical (unpaired) electrons. The molecule has 1 N–H and O–H groups in total. The summed E-state index contributed by atoms with van der Waals surface area (Å²) < 4.78 is 26.1. The minimum atomic E-state index is -0.696. The normalized spacial score (nSPS) is 10.4. The SMILES string of the molecule is CC(=O)c1ncc(-c2ccc(F)cc2F)[nH]1. The van der Waals surface area contributed by atoms with Crippen LogP contribution in [0.2, 0.25) is 0 Å². The maximum absolute atomic E-state index is 13.4. The number of Topliss-reactive ketones (excluding diaryl/α,β-unsaturated/α-hetero) is 1. The maximum atomic E-state index is 13.4. The molecule has 0 saturated heterocycles. The van der Waals surface area contributed by atoms with E-state index >= 15 is 0 Å². The molecule has 0 atom stereocenters. The van der Waals surface area contributed by atoms with E-state index in [1.807, 2.05) is 0 Å². The molecular weight excluding hydrogens is 214 g/mol. The smallest absolute Gasteiger partial charge is 0.194 e. The van der Waals surface area contributed by atoms with Crippen LogP contribution in [0.3, 0.4) is 0 Å². The largest absolute Gasteiger partial charge is 0.335 e. The Labute approximate surface area is 90.1 Å². The molecule has 0 fully saturated rings. The topological polar surface area (TPSA) is 45.8 Å². The Bertz CT molecular complexity index is 549. The van der Waals surface area contributed by atoms with Gasteiger partial charge in [-0.05, 0) is 12.1 Å². The Morgan fingerprint density at radius 1 is 1.38 bits per heavy atom. The number of halogens is 2. The highest BCUT2D eigenvalue weighted by Crippen LogP contribution is 2.21. The molecule has 2 rings (SSSR count). The highest BCUT2D eigenvalue weighted by molar-refractivity contribution is 5.91. The summed E-state index contributed by atoms with van der Waals surface area (Å²) in [5.41, 5.74) is 0.532. The van der Waals surface area contributed by atoms with Gasteiger partial charge in [0.25, 0.3) is 0 Å². The second kappa shape index (κ2) is 3.84. The predicted molar refractivity (Wildman–Crippen MR) is 53.9 cm³/mol. The van der Waals surface area contributed by atoms with Gasteiger partial charge in [0.05, 0.1) is 11.9 Å². The van der Waals surface area contributed by atoms with Crippen molar-refractivity contribution in [3.8, 4) is 11.3 Å². The molecule has 0 aliphatic rings. The summed E-state index contributed by atoms with van der Waals surface area (Å²) in [6, 6.07) is 3.22. The van der Waals surface area contributed by atoms with Crippen LogP contribution in [0.15, 0.2) is 24.4 Å². The molecule has 1 aromatic carbocycles. The van der Waals surface area contributed by atoms with Crippen LogP contribution in [-0.4, -0.2) is 15.8 Å². The third-order valence-corrected chi connectivity index (χ3v) is 2.13. The van der Waals surface area contributed by atoms with E-state index in [-0.39, 0.29) is 17.2 Å². The van der Waals surface area contributed by atoms with Crippen LogP contribution < -0.4 is 0 Å². The van der Waals surface area contributed by atoms with Crippen LogP contribution in [0.1, 0.15) is 17.5 Å². The number of nitrogens with zero attached hydrogens (tertiary/aromatic N) is 1. The number of aromatic nitrogens is 2. The first-order valence-corrected chi connectivity index (χ1v) is 4.59. The lowest BCUT2D eigenvalue weighted by molar-refractivity contribution is 0.100. The Balaban J connectivity index is 2.46. The Morgan fingerprint density at radius 2 is 2.12 bits per heavy atom. The van der Waals surface area contributed by atoms with Crippen LogP contribution in [0, 0.1) is 11.6 Å². The molecule has 0 saturated carbocycles. The highest BCUT2D eigenvalue weighted by atomic mass is 19.1. The molecule has 1 heterocycles. The molecule has 0 unspecified atom stereocenters. The molecule has 16 heavy (non-hydrogen) atoms. The summed E-state index contributed by atoms with van der Waals surface area (Å²) in [5, 5.41) is 0. The van der Waals surface area contributed by atoms with Crippen molar-refractivity contribution in [2.24, 2.45) is 0 Å². The van der Waals surface area contributed by atoms with E-state index in [0.29, 0.717) is 5.69 Å². The molecule has 1 aromatic heterocycles. The van der Waals surface area contributed by atoms with Crippen molar-refractivity contribution in [1.82, 2.24) is 9.97 Å². The number of H-pyrrole nitrogens is 1. The van der Waals surface area contributed by atoms with Gasteiger partial charge in [0.2, 0.25) is 0 Å². The lowest BCUT2D eigenvalue weighted by atomic mass is 10.1. The molecule has 5 heteroatoms. The van der Waals surface area contributed by atoms with Gasteiger partial charge in [0, 0.05) is 18.6 Å². The number of aromatic amines is 1. The molecule has 0 amide bonds. The number of rotatable bonds is 2. The van der Waals surface area contributed by atoms with Gasteiger partial charge in [-0.25, -0.2) is 13.8 Å². The zero-order chi connectivity index (χ0) is 11.7. The van der Waals surface area contributed by atoms with Crippen molar-refractivity contribution in [1.29, 1.82) is 0 Å². The lowest BCUT2D eigenvalue weighted by Crippen LogP contribution is -1.94. The van der Waals surface area contributed by atoms with Crippen molar-refractivity contribution in [2.75, 3.05) is 0 Å². The molecule has 82 valence electrons. The van der Waals surface area contributed by atoms with Gasteiger partial charge >= 0.3 is 0 Å². The van der Waals surface area contributed by atoms with Gasteiger partial charge in [-0.3, -0.25) is 4.79 Å². The first-order chi connectivity index (χ1) is 7.58. The molecule has 0 aliphatic heterocycles. The van der Waals surface area contributed by atoms with Crippen molar-refractivity contribution < 1.29 is 13.6 Å². The third-order valence-electron chi connectivity index (χ3n) is 2.13. The molecule has 0 spiro atoms. The summed E-state index contributed by atoms with van der Waals surface area (Å²) in [6.45, 7) is 1.35. The maximum Gasteiger partial charge on any atom is 0.194 e. The minimum Gasteiger partial charge on any atom is -0.335 e. The van der Waals surface area contributed by atoms with E-state index in [4.69, 9.17) is 0 Å². The minimum absolute atomic E-state index is 0.152. The summed E-state index contributed by atoms with van der Waals surface area (Å²) >= 11 is 0. The second-order valence-electron chi connectivity index (χ2n) is 3.33. The van der Waals surface area contributed by atoms with Crippen LogP contribution in [0.4, 0.5) is 8.78 Å². The Kier molecular flexibility index (Phi) is 2.52. The number of carbonyl (C=O) groups is 1. The van der Waals surface area contributed by atoms with Crippen LogP contribution in [-0.2, 0) is 0 Å². The van der Waals surface area contributed by atoms with Gasteiger partial charge in [0.1, 0.15) is 11.6 Å². The fourth-order valence-electron chi connectivity index (χ4n) is 1.34. The number of carbonyl (C=O) groups excluding carboxylic acids is 1. The third kappa shape index (κ3) is 1.84. The second-order valence-corrected chi connectivity index (χ2v) is 3.33. The van der Waals surface area contributed by atoms with E-state index in [9.17, 15) is 13.6 Å². The van der Waals surface area contributed by atoms with Crippen LogP contribution in [0.5, 0.6) is 0 Å². The summed E-state index contributed by atoms with van der Waals surface area (Å²) in [4.78, 5) is 17.4. The quantitative estimate of drug-likeness (QED) is 0.793. The van der Waals surface area contributed by atoms with E-state index < -0.39 is 11.6 Å².